The fourth-order valence-electron chi connectivity index (χ4n) is 2.00. The van der Waals surface area contributed by atoms with Crippen molar-refractivity contribution in [1.82, 2.24) is 0 Å². The van der Waals surface area contributed by atoms with Crippen LogP contribution in [0.5, 0.6) is 5.75 Å². The van der Waals surface area contributed by atoms with E-state index in [1.807, 2.05) is 0 Å². The Morgan fingerprint density at radius 2 is 2.00 bits per heavy atom. The van der Waals surface area contributed by atoms with Gasteiger partial charge in [0.2, 0.25) is 0 Å². The maximum Gasteiger partial charge on any atom is 0.145 e. The molecule has 0 aliphatic carbocycles. The number of ether oxygens (including phenoxy) is 1. The van der Waals surface area contributed by atoms with Gasteiger partial charge in [-0.1, -0.05) is 6.07 Å². The Kier molecular flexibility index (Phi) is 4.66. The van der Waals surface area contributed by atoms with Gasteiger partial charge >= 0.3 is 0 Å². The van der Waals surface area contributed by atoms with Gasteiger partial charge < -0.3 is 10.5 Å². The molecule has 0 fully saturated rings. The first-order chi connectivity index (χ1) is 9.01. The monoisotopic (exact) mass is 339 g/mol. The zero-order valence-electron chi connectivity index (χ0n) is 11.4. The number of nitrogens with two attached hydrogens (primary N) is 1. The van der Waals surface area contributed by atoms with Crippen LogP contribution in [0.1, 0.15) is 27.7 Å². The zero-order valence-corrected chi connectivity index (χ0v) is 13.8. The summed E-state index contributed by atoms with van der Waals surface area (Å²) in [5.41, 5.74) is 9.49. The summed E-state index contributed by atoms with van der Waals surface area (Å²) >= 11 is 5.13. The minimum absolute atomic E-state index is 0.0869. The maximum atomic E-state index is 6.12. The number of thiophene rings is 1. The van der Waals surface area contributed by atoms with E-state index in [2.05, 4.69) is 60.3 Å². The summed E-state index contributed by atoms with van der Waals surface area (Å²) in [4.78, 5) is 1.15. The van der Waals surface area contributed by atoms with Crippen molar-refractivity contribution in [3.8, 4) is 5.75 Å². The van der Waals surface area contributed by atoms with Gasteiger partial charge in [0.15, 0.2) is 0 Å². The van der Waals surface area contributed by atoms with Gasteiger partial charge in [-0.3, -0.25) is 0 Å². The van der Waals surface area contributed by atoms with Crippen molar-refractivity contribution in [2.75, 3.05) is 6.54 Å². The van der Waals surface area contributed by atoms with Crippen LogP contribution in [0.3, 0.4) is 0 Å². The summed E-state index contributed by atoms with van der Waals surface area (Å²) < 4.78 is 7.20. The largest absolute Gasteiger partial charge is 0.483 e. The van der Waals surface area contributed by atoms with Crippen molar-refractivity contribution in [2.45, 2.75) is 26.9 Å². The highest BCUT2D eigenvalue weighted by Gasteiger charge is 2.15. The first-order valence-corrected chi connectivity index (χ1v) is 7.87. The van der Waals surface area contributed by atoms with E-state index in [9.17, 15) is 0 Å². The quantitative estimate of drug-likeness (QED) is 0.888. The molecule has 2 rings (SSSR count). The minimum atomic E-state index is -0.0869. The molecular formula is C15H18BrNOS. The average molecular weight is 340 g/mol. The Bertz CT molecular complexity index is 580. The molecule has 0 amide bonds. The lowest BCUT2D eigenvalue weighted by Gasteiger charge is -2.19. The summed E-state index contributed by atoms with van der Waals surface area (Å²) in [5.74, 6) is 0.928. The molecule has 2 nitrogen and oxygen atoms in total. The molecule has 2 N–H and O–H groups in total. The van der Waals surface area contributed by atoms with Gasteiger partial charge in [0.25, 0.3) is 0 Å². The number of benzene rings is 1. The van der Waals surface area contributed by atoms with Crippen molar-refractivity contribution < 1.29 is 4.74 Å². The van der Waals surface area contributed by atoms with Crippen molar-refractivity contribution in [3.05, 3.63) is 49.6 Å². The second-order valence-corrected chi connectivity index (χ2v) is 6.57. The molecule has 0 aliphatic rings. The third-order valence-electron chi connectivity index (χ3n) is 3.15. The highest BCUT2D eigenvalue weighted by molar-refractivity contribution is 9.10. The molecule has 19 heavy (non-hydrogen) atoms. The molecule has 0 spiro atoms. The SMILES string of the molecule is Cc1cc(C)c(C)c(OC(CN)c2cc(Br)cs2)c1. The van der Waals surface area contributed by atoms with Crippen molar-refractivity contribution in [3.63, 3.8) is 0 Å². The predicted molar refractivity (Wildman–Crippen MR) is 85.1 cm³/mol. The smallest absolute Gasteiger partial charge is 0.145 e. The van der Waals surface area contributed by atoms with E-state index in [-0.39, 0.29) is 6.10 Å². The molecule has 0 bridgehead atoms. The lowest BCUT2D eigenvalue weighted by molar-refractivity contribution is 0.216. The summed E-state index contributed by atoms with van der Waals surface area (Å²) in [6.07, 6.45) is -0.0869. The van der Waals surface area contributed by atoms with Crippen molar-refractivity contribution >= 4 is 27.3 Å². The van der Waals surface area contributed by atoms with E-state index >= 15 is 0 Å². The first kappa shape index (κ1) is 14.6. The van der Waals surface area contributed by atoms with Gasteiger partial charge in [0.05, 0.1) is 0 Å². The molecule has 1 aromatic heterocycles. The Morgan fingerprint density at radius 1 is 1.26 bits per heavy atom. The molecule has 1 heterocycles. The number of aryl methyl sites for hydroxylation is 2. The van der Waals surface area contributed by atoms with Gasteiger partial charge in [0, 0.05) is 21.3 Å². The van der Waals surface area contributed by atoms with E-state index < -0.39 is 0 Å². The Hall–Kier alpha value is -0.840. The molecule has 1 atom stereocenters. The van der Waals surface area contributed by atoms with Gasteiger partial charge in [-0.2, -0.15) is 0 Å². The van der Waals surface area contributed by atoms with Crippen LogP contribution in [-0.4, -0.2) is 6.54 Å². The van der Waals surface area contributed by atoms with Gasteiger partial charge in [0.1, 0.15) is 11.9 Å². The van der Waals surface area contributed by atoms with Gasteiger partial charge in [-0.05, 0) is 65.5 Å². The zero-order chi connectivity index (χ0) is 14.0. The third kappa shape index (κ3) is 3.38. The summed E-state index contributed by atoms with van der Waals surface area (Å²) in [5, 5.41) is 2.05. The molecule has 1 unspecified atom stereocenters. The van der Waals surface area contributed by atoms with Crippen LogP contribution in [-0.2, 0) is 0 Å². The highest BCUT2D eigenvalue weighted by Crippen LogP contribution is 2.31. The van der Waals surface area contributed by atoms with Crippen LogP contribution in [0.2, 0.25) is 0 Å². The Labute approximate surface area is 126 Å². The van der Waals surface area contributed by atoms with Crippen LogP contribution in [0.25, 0.3) is 0 Å². The Balaban J connectivity index is 2.28. The molecule has 102 valence electrons. The van der Waals surface area contributed by atoms with Crippen LogP contribution < -0.4 is 10.5 Å². The van der Waals surface area contributed by atoms with Crippen LogP contribution in [0, 0.1) is 20.8 Å². The standard InChI is InChI=1S/C15H18BrNOS/c1-9-4-10(2)11(3)13(5-9)18-14(7-17)15-6-12(16)8-19-15/h4-6,8,14H,7,17H2,1-3H3. The highest BCUT2D eigenvalue weighted by atomic mass is 79.9. The number of hydrogen-bond donors (Lipinski definition) is 1. The van der Waals surface area contributed by atoms with Crippen LogP contribution >= 0.6 is 27.3 Å². The summed E-state index contributed by atoms with van der Waals surface area (Å²) in [6.45, 7) is 6.74. The fourth-order valence-corrected chi connectivity index (χ4v) is 3.48. The maximum absolute atomic E-state index is 6.12. The third-order valence-corrected chi connectivity index (χ3v) is 4.94. The molecule has 0 aliphatic heterocycles. The van der Waals surface area contributed by atoms with E-state index in [1.54, 1.807) is 11.3 Å². The minimum Gasteiger partial charge on any atom is -0.483 e. The van der Waals surface area contributed by atoms with E-state index in [0.29, 0.717) is 6.54 Å². The molecule has 1 aromatic carbocycles. The van der Waals surface area contributed by atoms with Gasteiger partial charge in [-0.25, -0.2) is 0 Å². The number of halogens is 1. The van der Waals surface area contributed by atoms with Crippen molar-refractivity contribution in [2.24, 2.45) is 5.73 Å². The summed E-state index contributed by atoms with van der Waals surface area (Å²) in [7, 11) is 0. The number of rotatable bonds is 4. The van der Waals surface area contributed by atoms with Crippen molar-refractivity contribution in [1.29, 1.82) is 0 Å². The van der Waals surface area contributed by atoms with E-state index in [4.69, 9.17) is 10.5 Å². The lowest BCUT2D eigenvalue weighted by Crippen LogP contribution is -2.18. The number of hydrogen-bond acceptors (Lipinski definition) is 3. The second kappa shape index (κ2) is 6.07. The van der Waals surface area contributed by atoms with Crippen LogP contribution in [0.4, 0.5) is 0 Å². The normalized spacial score (nSPS) is 12.5. The average Bonchev–Trinajstić information content (AvgIpc) is 2.78. The van der Waals surface area contributed by atoms with Crippen LogP contribution in [0.15, 0.2) is 28.1 Å². The molecule has 0 radical (unpaired) electrons. The molecule has 0 saturated heterocycles. The van der Waals surface area contributed by atoms with Gasteiger partial charge in [-0.15, -0.1) is 11.3 Å². The Morgan fingerprint density at radius 3 is 2.58 bits per heavy atom. The second-order valence-electron chi connectivity index (χ2n) is 4.71. The molecule has 2 aromatic rings. The van der Waals surface area contributed by atoms with E-state index in [1.165, 1.54) is 16.7 Å². The molecule has 0 saturated carbocycles. The summed E-state index contributed by atoms with van der Waals surface area (Å²) in [6, 6.07) is 6.31. The first-order valence-electron chi connectivity index (χ1n) is 6.19. The lowest BCUT2D eigenvalue weighted by atomic mass is 10.1. The van der Waals surface area contributed by atoms with E-state index in [0.717, 1.165) is 15.1 Å². The molecule has 4 heteroatoms. The topological polar surface area (TPSA) is 35.2 Å². The predicted octanol–water partition coefficient (Wildman–Crippen LogP) is 4.51. The fraction of sp³-hybridized carbons (Fsp3) is 0.333. The molecular weight excluding hydrogens is 322 g/mol.